The van der Waals surface area contributed by atoms with E-state index in [-0.39, 0.29) is 0 Å². The van der Waals surface area contributed by atoms with E-state index in [2.05, 4.69) is 67.6 Å². The predicted octanol–water partition coefficient (Wildman–Crippen LogP) is 4.45. The van der Waals surface area contributed by atoms with Crippen LogP contribution in [0.25, 0.3) is 10.8 Å². The number of rotatable bonds is 0. The minimum absolute atomic E-state index is 0.410. The molecule has 0 nitrogen and oxygen atoms in total. The molecule has 0 bridgehead atoms. The summed E-state index contributed by atoms with van der Waals surface area (Å²) < 4.78 is 0. The fourth-order valence-electron chi connectivity index (χ4n) is 3.05. The molecule has 0 saturated heterocycles. The van der Waals surface area contributed by atoms with Crippen molar-refractivity contribution in [2.24, 2.45) is 0 Å². The summed E-state index contributed by atoms with van der Waals surface area (Å²) in [6.07, 6.45) is 12.3. The van der Waals surface area contributed by atoms with Gasteiger partial charge in [0.2, 0.25) is 0 Å². The summed E-state index contributed by atoms with van der Waals surface area (Å²) in [5.41, 5.74) is 5.34. The van der Waals surface area contributed by atoms with Gasteiger partial charge in [0.15, 0.2) is 0 Å². The molecule has 18 heavy (non-hydrogen) atoms. The van der Waals surface area contributed by atoms with E-state index in [4.69, 9.17) is 0 Å². The van der Waals surface area contributed by atoms with Crippen LogP contribution in [-0.2, 0) is 0 Å². The first-order chi connectivity index (χ1) is 8.84. The molecule has 0 aromatic heterocycles. The molecular weight excluding hydrogens is 216 g/mol. The van der Waals surface area contributed by atoms with Crippen molar-refractivity contribution < 1.29 is 0 Å². The van der Waals surface area contributed by atoms with Gasteiger partial charge in [0, 0.05) is 5.92 Å². The lowest BCUT2D eigenvalue weighted by Crippen LogP contribution is -1.97. The van der Waals surface area contributed by atoms with Gasteiger partial charge in [0.1, 0.15) is 0 Å². The van der Waals surface area contributed by atoms with Crippen LogP contribution in [-0.4, -0.2) is 0 Å². The third-order valence-corrected chi connectivity index (χ3v) is 3.91. The van der Waals surface area contributed by atoms with Gasteiger partial charge in [0.05, 0.1) is 0 Å². The van der Waals surface area contributed by atoms with Gasteiger partial charge in [-0.1, -0.05) is 54.6 Å². The number of aryl methyl sites for hydroxylation is 1. The number of hydrogen-bond donors (Lipinski definition) is 0. The molecule has 0 saturated carbocycles. The minimum Gasteiger partial charge on any atom is -0.0726 e. The molecule has 0 spiro atoms. The topological polar surface area (TPSA) is 0 Å². The zero-order valence-electron chi connectivity index (χ0n) is 10.3. The Morgan fingerprint density at radius 2 is 1.89 bits per heavy atom. The highest BCUT2D eigenvalue weighted by Gasteiger charge is 2.25. The average molecular weight is 229 g/mol. The molecule has 2 aromatic carbocycles. The van der Waals surface area contributed by atoms with Crippen LogP contribution in [0.15, 0.2) is 60.2 Å². The van der Waals surface area contributed by atoms with Crippen molar-refractivity contribution in [1.82, 2.24) is 0 Å². The molecule has 0 amide bonds. The Morgan fingerprint density at radius 1 is 1.06 bits per heavy atom. The van der Waals surface area contributed by atoms with E-state index in [1.54, 1.807) is 0 Å². The van der Waals surface area contributed by atoms with Gasteiger partial charge in [-0.25, -0.2) is 0 Å². The molecule has 0 N–H and O–H groups in total. The van der Waals surface area contributed by atoms with E-state index in [1.165, 1.54) is 33.0 Å². The Balaban J connectivity index is 2.11. The summed E-state index contributed by atoms with van der Waals surface area (Å²) in [7, 11) is 0. The van der Waals surface area contributed by atoms with E-state index in [0.29, 0.717) is 5.92 Å². The van der Waals surface area contributed by atoms with Crippen LogP contribution in [0, 0.1) is 13.0 Å². The van der Waals surface area contributed by atoms with Crippen molar-refractivity contribution >= 4 is 10.8 Å². The molecule has 1 radical (unpaired) electrons. The van der Waals surface area contributed by atoms with Gasteiger partial charge in [-0.3, -0.25) is 0 Å². The molecule has 85 valence electrons. The zero-order valence-corrected chi connectivity index (χ0v) is 10.3. The summed E-state index contributed by atoms with van der Waals surface area (Å²) in [6, 6.07) is 11.0. The first kappa shape index (κ1) is 9.90. The normalized spacial score (nSPS) is 19.8. The Morgan fingerprint density at radius 3 is 2.78 bits per heavy atom. The van der Waals surface area contributed by atoms with E-state index in [1.807, 2.05) is 0 Å². The molecule has 0 heteroatoms. The maximum absolute atomic E-state index is 3.59. The molecule has 2 aliphatic carbocycles. The zero-order chi connectivity index (χ0) is 12.1. The van der Waals surface area contributed by atoms with Crippen molar-refractivity contribution in [3.63, 3.8) is 0 Å². The standard InChI is InChI=1S/C18H13/c1-12-10-17-15-8-3-2-6-13(15)11-18(17)16-9-5-4-7-14(12)16/h2-10,15H,1H3. The summed E-state index contributed by atoms with van der Waals surface area (Å²) in [4.78, 5) is 0. The molecule has 0 aliphatic heterocycles. The van der Waals surface area contributed by atoms with Gasteiger partial charge in [-0.2, -0.15) is 0 Å². The van der Waals surface area contributed by atoms with Gasteiger partial charge in [-0.15, -0.1) is 0 Å². The second kappa shape index (κ2) is 3.46. The fraction of sp³-hybridized carbons (Fsp3) is 0.111. The molecule has 1 unspecified atom stereocenters. The van der Waals surface area contributed by atoms with Crippen molar-refractivity contribution in [2.45, 2.75) is 12.8 Å². The largest absolute Gasteiger partial charge is 0.0726 e. The highest BCUT2D eigenvalue weighted by Crippen LogP contribution is 2.42. The summed E-state index contributed by atoms with van der Waals surface area (Å²) in [6.45, 7) is 2.20. The van der Waals surface area contributed by atoms with Gasteiger partial charge < -0.3 is 0 Å². The van der Waals surface area contributed by atoms with Crippen LogP contribution in [0.5, 0.6) is 0 Å². The molecule has 2 aliphatic rings. The molecular formula is C18H13. The molecule has 4 rings (SSSR count). The van der Waals surface area contributed by atoms with Gasteiger partial charge >= 0.3 is 0 Å². The van der Waals surface area contributed by atoms with Crippen molar-refractivity contribution in [1.29, 1.82) is 0 Å². The average Bonchev–Trinajstić information content (AvgIpc) is 2.78. The third-order valence-electron chi connectivity index (χ3n) is 3.91. The monoisotopic (exact) mass is 229 g/mol. The van der Waals surface area contributed by atoms with Crippen LogP contribution in [0.1, 0.15) is 22.6 Å². The fourth-order valence-corrected chi connectivity index (χ4v) is 3.05. The van der Waals surface area contributed by atoms with Crippen LogP contribution >= 0.6 is 0 Å². The SMILES string of the molecule is Cc1cc2c(c3ccccc13)[C]=C1C=CC=CC12. The molecule has 1 atom stereocenters. The quantitative estimate of drug-likeness (QED) is 0.626. The number of allylic oxidation sites excluding steroid dienone is 5. The van der Waals surface area contributed by atoms with Gasteiger partial charge in [0.25, 0.3) is 0 Å². The first-order valence-electron chi connectivity index (χ1n) is 6.35. The van der Waals surface area contributed by atoms with Crippen LogP contribution in [0.4, 0.5) is 0 Å². The van der Waals surface area contributed by atoms with Gasteiger partial charge in [-0.05, 0) is 46.0 Å². The van der Waals surface area contributed by atoms with E-state index < -0.39 is 0 Å². The Labute approximate surface area is 107 Å². The lowest BCUT2D eigenvalue weighted by Gasteiger charge is -2.14. The van der Waals surface area contributed by atoms with E-state index in [0.717, 1.165) is 0 Å². The summed E-state index contributed by atoms with van der Waals surface area (Å²) in [5, 5.41) is 2.67. The second-order valence-corrected chi connectivity index (χ2v) is 5.01. The molecule has 0 fully saturated rings. The number of hydrogen-bond acceptors (Lipinski definition) is 0. The van der Waals surface area contributed by atoms with E-state index in [9.17, 15) is 0 Å². The maximum atomic E-state index is 3.59. The Hall–Kier alpha value is -2.08. The minimum atomic E-state index is 0.410. The highest BCUT2D eigenvalue weighted by molar-refractivity contribution is 5.92. The van der Waals surface area contributed by atoms with Crippen molar-refractivity contribution in [3.05, 3.63) is 83.0 Å². The number of benzene rings is 2. The first-order valence-corrected chi connectivity index (χ1v) is 6.35. The third kappa shape index (κ3) is 1.20. The van der Waals surface area contributed by atoms with E-state index >= 15 is 0 Å². The van der Waals surface area contributed by atoms with Crippen LogP contribution < -0.4 is 0 Å². The highest BCUT2D eigenvalue weighted by atomic mass is 14.3. The summed E-state index contributed by atoms with van der Waals surface area (Å²) in [5.74, 6) is 0.410. The molecule has 2 aromatic rings. The van der Waals surface area contributed by atoms with Crippen LogP contribution in [0.2, 0.25) is 0 Å². The summed E-state index contributed by atoms with van der Waals surface area (Å²) >= 11 is 0. The molecule has 0 heterocycles. The van der Waals surface area contributed by atoms with Crippen LogP contribution in [0.3, 0.4) is 0 Å². The Kier molecular flexibility index (Phi) is 1.90. The maximum Gasteiger partial charge on any atom is 0.0285 e. The lowest BCUT2D eigenvalue weighted by molar-refractivity contribution is 1.05. The Bertz CT molecular complexity index is 742. The number of fused-ring (bicyclic) bond motifs is 5. The van der Waals surface area contributed by atoms with Crippen molar-refractivity contribution in [2.75, 3.05) is 0 Å². The second-order valence-electron chi connectivity index (χ2n) is 5.01. The smallest absolute Gasteiger partial charge is 0.0285 e. The predicted molar refractivity (Wildman–Crippen MR) is 75.6 cm³/mol. The van der Waals surface area contributed by atoms with Crippen molar-refractivity contribution in [3.8, 4) is 0 Å². The lowest BCUT2D eigenvalue weighted by atomic mass is 9.89.